The summed E-state index contributed by atoms with van der Waals surface area (Å²) in [4.78, 5) is 34.6. The van der Waals surface area contributed by atoms with Crippen molar-refractivity contribution >= 4 is 23.0 Å². The van der Waals surface area contributed by atoms with Crippen molar-refractivity contribution < 1.29 is 24.0 Å². The van der Waals surface area contributed by atoms with Crippen molar-refractivity contribution in [1.29, 1.82) is 0 Å². The summed E-state index contributed by atoms with van der Waals surface area (Å²) < 4.78 is 11.7. The molecule has 43 heavy (non-hydrogen) atoms. The van der Waals surface area contributed by atoms with E-state index in [2.05, 4.69) is 46.6 Å². The van der Waals surface area contributed by atoms with Gasteiger partial charge in [-0.3, -0.25) is 9.59 Å². The number of aryl methyl sites for hydroxylation is 1. The molecular weight excluding hydrogens is 564 g/mol. The minimum absolute atomic E-state index is 0.0320. The third-order valence-corrected chi connectivity index (χ3v) is 10.0. The van der Waals surface area contributed by atoms with Gasteiger partial charge in [0.15, 0.2) is 11.5 Å². The van der Waals surface area contributed by atoms with E-state index in [-0.39, 0.29) is 48.3 Å². The van der Waals surface area contributed by atoms with Gasteiger partial charge in [0, 0.05) is 30.9 Å². The normalized spacial score (nSPS) is 21.6. The molecule has 2 N–H and O–H groups in total. The lowest BCUT2D eigenvalue weighted by atomic mass is 9.82. The van der Waals surface area contributed by atoms with Crippen LogP contribution in [0.25, 0.3) is 10.4 Å². The molecule has 4 atom stereocenters. The smallest absolute Gasteiger partial charge is 0.254 e. The molecule has 9 nitrogen and oxygen atoms in total. The highest BCUT2D eigenvalue weighted by Crippen LogP contribution is 2.35. The van der Waals surface area contributed by atoms with Crippen LogP contribution in [-0.2, 0) is 9.59 Å². The Kier molecular flexibility index (Phi) is 9.68. The number of ketones is 1. The number of likely N-dealkylation sites (tertiary alicyclic amines) is 1. The van der Waals surface area contributed by atoms with Crippen LogP contribution in [0, 0.1) is 18.3 Å². The molecule has 2 aliphatic rings. The maximum Gasteiger partial charge on any atom is 0.254 e. The molecule has 232 valence electrons. The van der Waals surface area contributed by atoms with Crippen LogP contribution in [0.4, 0.5) is 0 Å². The molecule has 2 aliphatic heterocycles. The molecule has 2 aromatic heterocycles. The number of rotatable bonds is 11. The SMILES string of the molecule is Cc1ncsc1-c1ccc([C@H](C)CC(=O)[C@@H]2C[C@@H](O)CN2C(=O)[C@@H](c2cc(OCC3(C)CCNCC3)no2)C(C)C)cc1. The van der Waals surface area contributed by atoms with Gasteiger partial charge < -0.3 is 24.6 Å². The van der Waals surface area contributed by atoms with Crippen molar-refractivity contribution in [1.82, 2.24) is 20.4 Å². The van der Waals surface area contributed by atoms with Gasteiger partial charge in [-0.1, -0.05) is 52.0 Å². The molecule has 2 saturated heterocycles. The van der Waals surface area contributed by atoms with Crippen molar-refractivity contribution in [2.24, 2.45) is 11.3 Å². The van der Waals surface area contributed by atoms with Crippen LogP contribution in [0.1, 0.15) is 82.2 Å². The van der Waals surface area contributed by atoms with Crippen LogP contribution in [-0.4, -0.2) is 70.2 Å². The molecular formula is C33H44N4O5S. The summed E-state index contributed by atoms with van der Waals surface area (Å²) in [6, 6.07) is 9.29. The Morgan fingerprint density at radius 2 is 1.93 bits per heavy atom. The third-order valence-electron chi connectivity index (χ3n) is 9.05. The van der Waals surface area contributed by atoms with Crippen LogP contribution >= 0.6 is 11.3 Å². The van der Waals surface area contributed by atoms with E-state index in [0.29, 0.717) is 18.2 Å². The number of hydrogen-bond donors (Lipinski definition) is 2. The summed E-state index contributed by atoms with van der Waals surface area (Å²) in [5, 5.41) is 18.1. The quantitative estimate of drug-likeness (QED) is 0.300. The van der Waals surface area contributed by atoms with E-state index >= 15 is 0 Å². The number of aliphatic hydroxyl groups is 1. The molecule has 0 unspecified atom stereocenters. The Morgan fingerprint density at radius 3 is 2.58 bits per heavy atom. The molecule has 0 aliphatic carbocycles. The highest BCUT2D eigenvalue weighted by atomic mass is 32.1. The number of benzene rings is 1. The Hall–Kier alpha value is -3.08. The molecule has 2 fully saturated rings. The van der Waals surface area contributed by atoms with Gasteiger partial charge >= 0.3 is 0 Å². The number of β-amino-alcohol motifs (C(OH)–C–C–N with tert-alkyl or cyclic N) is 1. The molecule has 0 bridgehead atoms. The fourth-order valence-corrected chi connectivity index (χ4v) is 7.10. The highest BCUT2D eigenvalue weighted by Gasteiger charge is 2.43. The average Bonchev–Trinajstić information content (AvgIpc) is 3.72. The van der Waals surface area contributed by atoms with Gasteiger partial charge in [-0.25, -0.2) is 4.98 Å². The van der Waals surface area contributed by atoms with Crippen LogP contribution in [0.15, 0.2) is 40.4 Å². The van der Waals surface area contributed by atoms with Crippen LogP contribution < -0.4 is 10.1 Å². The van der Waals surface area contributed by atoms with Crippen LogP contribution in [0.2, 0.25) is 0 Å². The van der Waals surface area contributed by atoms with Gasteiger partial charge in [-0.2, -0.15) is 0 Å². The number of carbonyl (C=O) groups excluding carboxylic acids is 2. The summed E-state index contributed by atoms with van der Waals surface area (Å²) in [5.74, 6) is -0.261. The van der Waals surface area contributed by atoms with Gasteiger partial charge in [0.1, 0.15) is 5.92 Å². The average molecular weight is 609 g/mol. The van der Waals surface area contributed by atoms with E-state index in [9.17, 15) is 14.7 Å². The third kappa shape index (κ3) is 7.19. The lowest BCUT2D eigenvalue weighted by Gasteiger charge is -2.33. The zero-order valence-corrected chi connectivity index (χ0v) is 26.7. The Balaban J connectivity index is 1.24. The predicted molar refractivity (Wildman–Crippen MR) is 166 cm³/mol. The molecule has 10 heteroatoms. The second-order valence-electron chi connectivity index (χ2n) is 13.0. The van der Waals surface area contributed by atoms with Crippen molar-refractivity contribution in [3.63, 3.8) is 0 Å². The largest absolute Gasteiger partial charge is 0.475 e. The Morgan fingerprint density at radius 1 is 1.21 bits per heavy atom. The van der Waals surface area contributed by atoms with Gasteiger partial charge in [0.25, 0.3) is 5.88 Å². The van der Waals surface area contributed by atoms with Gasteiger partial charge in [0.2, 0.25) is 5.91 Å². The first-order valence-corrected chi connectivity index (χ1v) is 16.2. The number of nitrogens with zero attached hydrogens (tertiary/aromatic N) is 3. The van der Waals surface area contributed by atoms with E-state index in [1.807, 2.05) is 33.2 Å². The molecule has 1 amide bonds. The monoisotopic (exact) mass is 608 g/mol. The number of thiazole rings is 1. The Bertz CT molecular complexity index is 1390. The number of aliphatic hydroxyl groups excluding tert-OH is 1. The second-order valence-corrected chi connectivity index (χ2v) is 13.8. The lowest BCUT2D eigenvalue weighted by molar-refractivity contribution is -0.140. The zero-order chi connectivity index (χ0) is 30.7. The lowest BCUT2D eigenvalue weighted by Crippen LogP contribution is -2.44. The van der Waals surface area contributed by atoms with E-state index in [4.69, 9.17) is 9.26 Å². The fraction of sp³-hybridized carbons (Fsp3) is 0.576. The Labute approximate surface area is 258 Å². The predicted octanol–water partition coefficient (Wildman–Crippen LogP) is 5.34. The molecule has 5 rings (SSSR count). The summed E-state index contributed by atoms with van der Waals surface area (Å²) >= 11 is 1.61. The first kappa shape index (κ1) is 31.3. The van der Waals surface area contributed by atoms with E-state index in [0.717, 1.165) is 47.6 Å². The van der Waals surface area contributed by atoms with Crippen molar-refractivity contribution in [2.45, 2.75) is 84.3 Å². The molecule has 0 saturated carbocycles. The van der Waals surface area contributed by atoms with E-state index in [1.54, 1.807) is 22.3 Å². The van der Waals surface area contributed by atoms with Gasteiger partial charge in [0.05, 0.1) is 34.8 Å². The number of piperidine rings is 1. The summed E-state index contributed by atoms with van der Waals surface area (Å²) in [6.07, 6.45) is 1.81. The van der Waals surface area contributed by atoms with Crippen molar-refractivity contribution in [3.05, 3.63) is 52.9 Å². The zero-order valence-electron chi connectivity index (χ0n) is 25.8. The molecule has 1 aromatic carbocycles. The maximum atomic E-state index is 14.0. The number of ether oxygens (including phenoxy) is 1. The fourth-order valence-electron chi connectivity index (χ4n) is 6.28. The maximum absolute atomic E-state index is 14.0. The highest BCUT2D eigenvalue weighted by molar-refractivity contribution is 7.13. The summed E-state index contributed by atoms with van der Waals surface area (Å²) in [5.41, 5.74) is 5.09. The van der Waals surface area contributed by atoms with E-state index in [1.165, 1.54) is 0 Å². The number of Topliss-reactive ketones (excluding diaryl/α,β-unsaturated/α-hetero) is 1. The minimum Gasteiger partial charge on any atom is -0.475 e. The molecule has 0 spiro atoms. The number of amides is 1. The summed E-state index contributed by atoms with van der Waals surface area (Å²) in [7, 11) is 0. The molecule has 0 radical (unpaired) electrons. The van der Waals surface area contributed by atoms with Crippen LogP contribution in [0.3, 0.4) is 0 Å². The molecule has 3 aromatic rings. The topological polar surface area (TPSA) is 118 Å². The van der Waals surface area contributed by atoms with Gasteiger partial charge in [-0.05, 0) is 61.0 Å². The van der Waals surface area contributed by atoms with Gasteiger partial charge in [-0.15, -0.1) is 11.3 Å². The second kappa shape index (κ2) is 13.3. The first-order chi connectivity index (χ1) is 20.5. The number of nitrogens with one attached hydrogen (secondary N) is 1. The number of aromatic nitrogens is 2. The standard InChI is InChI=1S/C33H44N4O5S/c1-20(2)30(28-16-29(36-42-28)41-18-33(5)10-12-34-13-11-33)32(40)37-17-25(38)15-26(37)27(39)14-21(3)23-6-8-24(9-7-23)31-22(4)35-19-43-31/h6-9,16,19-21,25-26,30,34,38H,10-15,17-18H2,1-5H3/t21-,25-,26+,30-/m1/s1. The number of hydrogen-bond acceptors (Lipinski definition) is 9. The van der Waals surface area contributed by atoms with Crippen molar-refractivity contribution in [2.75, 3.05) is 26.2 Å². The summed E-state index contributed by atoms with van der Waals surface area (Å²) in [6.45, 7) is 12.7. The van der Waals surface area contributed by atoms with Crippen molar-refractivity contribution in [3.8, 4) is 16.3 Å². The molecule has 4 heterocycles. The van der Waals surface area contributed by atoms with Crippen LogP contribution in [0.5, 0.6) is 5.88 Å². The number of carbonyl (C=O) groups is 2. The first-order valence-electron chi connectivity index (χ1n) is 15.4. The minimum atomic E-state index is -0.748. The van der Waals surface area contributed by atoms with E-state index < -0.39 is 18.1 Å².